The third kappa shape index (κ3) is 4.53. The maximum atomic E-state index is 15.3. The van der Waals surface area contributed by atoms with Gasteiger partial charge in [-0.2, -0.15) is 9.78 Å². The van der Waals surface area contributed by atoms with Gasteiger partial charge in [0, 0.05) is 41.2 Å². The molecular formula is C31H35FN6O2. The van der Waals surface area contributed by atoms with E-state index in [9.17, 15) is 9.90 Å². The molecule has 5 unspecified atom stereocenters. The lowest BCUT2D eigenvalue weighted by Crippen LogP contribution is -2.42. The molecule has 1 saturated carbocycles. The molecule has 3 heterocycles. The second kappa shape index (κ2) is 10.2. The van der Waals surface area contributed by atoms with E-state index >= 15 is 4.39 Å². The molecule has 0 bridgehead atoms. The minimum Gasteiger partial charge on any atom is -0.392 e. The molecule has 8 nitrogen and oxygen atoms in total. The number of aromatic nitrogens is 3. The van der Waals surface area contributed by atoms with Gasteiger partial charge < -0.3 is 10.8 Å². The Morgan fingerprint density at radius 3 is 2.67 bits per heavy atom. The molecule has 2 aromatic heterocycles. The summed E-state index contributed by atoms with van der Waals surface area (Å²) in [6, 6.07) is 13.1. The van der Waals surface area contributed by atoms with Crippen LogP contribution in [0.3, 0.4) is 0 Å². The molecule has 2 fully saturated rings. The Morgan fingerprint density at radius 1 is 1.12 bits per heavy atom. The van der Waals surface area contributed by atoms with Crippen molar-refractivity contribution in [3.63, 3.8) is 0 Å². The zero-order valence-electron chi connectivity index (χ0n) is 22.9. The molecule has 5 N–H and O–H groups in total. The van der Waals surface area contributed by atoms with Gasteiger partial charge in [-0.05, 0) is 65.1 Å². The van der Waals surface area contributed by atoms with Crippen LogP contribution in [0, 0.1) is 11.7 Å². The summed E-state index contributed by atoms with van der Waals surface area (Å²) in [7, 11) is 0. The second-order valence-electron chi connectivity index (χ2n) is 12.1. The van der Waals surface area contributed by atoms with Crippen molar-refractivity contribution < 1.29 is 9.50 Å². The van der Waals surface area contributed by atoms with Crippen molar-refractivity contribution in [1.82, 2.24) is 25.6 Å². The lowest BCUT2D eigenvalue weighted by molar-refractivity contribution is 0.240. The predicted molar refractivity (Wildman–Crippen MR) is 152 cm³/mol. The van der Waals surface area contributed by atoms with Gasteiger partial charge in [0.15, 0.2) is 0 Å². The van der Waals surface area contributed by atoms with Crippen LogP contribution < -0.4 is 22.1 Å². The first-order valence-electron chi connectivity index (χ1n) is 13.8. The van der Waals surface area contributed by atoms with Crippen LogP contribution in [0.4, 0.5) is 4.39 Å². The Labute approximate surface area is 232 Å². The molecule has 0 radical (unpaired) electrons. The summed E-state index contributed by atoms with van der Waals surface area (Å²) in [6.45, 7) is 5.71. The lowest BCUT2D eigenvalue weighted by Gasteiger charge is -2.39. The minimum atomic E-state index is -0.571. The van der Waals surface area contributed by atoms with Crippen molar-refractivity contribution in [3.05, 3.63) is 99.5 Å². The van der Waals surface area contributed by atoms with E-state index in [0.29, 0.717) is 16.6 Å². The van der Waals surface area contributed by atoms with E-state index < -0.39 is 11.4 Å². The molecule has 6 rings (SSSR count). The molecule has 208 valence electrons. The van der Waals surface area contributed by atoms with Crippen molar-refractivity contribution in [1.29, 1.82) is 0 Å². The maximum Gasteiger partial charge on any atom is 0.282 e. The Morgan fingerprint density at radius 2 is 1.95 bits per heavy atom. The van der Waals surface area contributed by atoms with Gasteiger partial charge in [-0.15, -0.1) is 0 Å². The van der Waals surface area contributed by atoms with E-state index in [2.05, 4.69) is 27.0 Å². The molecule has 0 spiro atoms. The fourth-order valence-corrected chi connectivity index (χ4v) is 6.58. The van der Waals surface area contributed by atoms with Crippen LogP contribution in [0.2, 0.25) is 0 Å². The zero-order valence-corrected chi connectivity index (χ0v) is 22.9. The van der Waals surface area contributed by atoms with E-state index in [0.717, 1.165) is 29.5 Å². The van der Waals surface area contributed by atoms with Gasteiger partial charge in [-0.1, -0.05) is 39.0 Å². The average molecular weight is 543 g/mol. The summed E-state index contributed by atoms with van der Waals surface area (Å²) in [6.07, 6.45) is 6.61. The molecule has 0 amide bonds. The maximum absolute atomic E-state index is 15.3. The first kappa shape index (κ1) is 26.7. The third-order valence-corrected chi connectivity index (χ3v) is 8.70. The van der Waals surface area contributed by atoms with Gasteiger partial charge in [0.2, 0.25) is 0 Å². The zero-order chi connectivity index (χ0) is 28.2. The Bertz CT molecular complexity index is 1620. The third-order valence-electron chi connectivity index (χ3n) is 8.70. The number of pyridine rings is 1. The number of nitrogens with zero attached hydrogens (tertiary/aromatic N) is 3. The van der Waals surface area contributed by atoms with E-state index in [-0.39, 0.29) is 47.4 Å². The number of hydrogen-bond donors (Lipinski definition) is 4. The van der Waals surface area contributed by atoms with Gasteiger partial charge in [-0.3, -0.25) is 15.2 Å². The van der Waals surface area contributed by atoms with Crippen molar-refractivity contribution in [2.45, 2.75) is 69.7 Å². The standard InChI is InChI=1S/C31H35FN6O2/c1-31(2,3)20-10-19-15-35-38(30(40)27(19)25(32)13-20)26-8-4-7-21(24(26)16-39)18-11-22(17-6-5-9-34-14-17)28-23(12-18)29(33)37-36-28/h4-10,13-15,18,22-23,28-29,36-37,39H,11-12,16,33H2,1-3H3. The number of nitrogens with two attached hydrogens (primary N) is 1. The fourth-order valence-electron chi connectivity index (χ4n) is 6.58. The largest absolute Gasteiger partial charge is 0.392 e. The van der Waals surface area contributed by atoms with Crippen LogP contribution in [-0.4, -0.2) is 32.1 Å². The van der Waals surface area contributed by atoms with Crippen LogP contribution in [0.1, 0.15) is 67.7 Å². The number of benzene rings is 2. The normalized spacial score (nSPS) is 24.8. The number of aliphatic hydroxyl groups excluding tert-OH is 1. The van der Waals surface area contributed by atoms with Crippen molar-refractivity contribution >= 4 is 10.8 Å². The van der Waals surface area contributed by atoms with Crippen molar-refractivity contribution in [2.75, 3.05) is 0 Å². The molecule has 4 aromatic rings. The van der Waals surface area contributed by atoms with E-state index in [4.69, 9.17) is 5.73 Å². The van der Waals surface area contributed by atoms with Gasteiger partial charge in [0.25, 0.3) is 5.56 Å². The number of fused-ring (bicyclic) bond motifs is 2. The highest BCUT2D eigenvalue weighted by Gasteiger charge is 2.45. The monoisotopic (exact) mass is 542 g/mol. The molecule has 1 saturated heterocycles. The summed E-state index contributed by atoms with van der Waals surface area (Å²) >= 11 is 0. The highest BCUT2D eigenvalue weighted by atomic mass is 19.1. The SMILES string of the molecule is CC(C)(C)c1cc(F)c2c(=O)n(-c3cccc(C4CC(c5cccnc5)C5NNC(N)C5C4)c3CO)ncc2c1. The quantitative estimate of drug-likeness (QED) is 0.310. The molecular weight excluding hydrogens is 507 g/mol. The van der Waals surface area contributed by atoms with Crippen LogP contribution in [0.25, 0.3) is 16.5 Å². The average Bonchev–Trinajstić information content (AvgIpc) is 3.32. The van der Waals surface area contributed by atoms with Crippen LogP contribution in [0.5, 0.6) is 0 Å². The Kier molecular flexibility index (Phi) is 6.78. The van der Waals surface area contributed by atoms with Gasteiger partial charge >= 0.3 is 0 Å². The lowest BCUT2D eigenvalue weighted by atomic mass is 9.67. The van der Waals surface area contributed by atoms with Crippen molar-refractivity contribution in [3.8, 4) is 5.69 Å². The van der Waals surface area contributed by atoms with E-state index in [1.54, 1.807) is 12.3 Å². The Balaban J connectivity index is 1.44. The number of aliphatic hydroxyl groups is 1. The van der Waals surface area contributed by atoms with Gasteiger partial charge in [-0.25, -0.2) is 9.82 Å². The van der Waals surface area contributed by atoms with Crippen LogP contribution in [0.15, 0.2) is 65.8 Å². The summed E-state index contributed by atoms with van der Waals surface area (Å²) in [4.78, 5) is 18.0. The van der Waals surface area contributed by atoms with E-state index in [1.165, 1.54) is 16.9 Å². The number of halogens is 1. The molecule has 2 aliphatic rings. The fraction of sp³-hybridized carbons (Fsp3) is 0.387. The molecule has 1 aliphatic carbocycles. The topological polar surface area (TPSA) is 118 Å². The summed E-state index contributed by atoms with van der Waals surface area (Å²) in [5.41, 5.74) is 16.2. The summed E-state index contributed by atoms with van der Waals surface area (Å²) in [5.74, 6) is -0.185. The molecule has 9 heteroatoms. The van der Waals surface area contributed by atoms with Gasteiger partial charge in [0.1, 0.15) is 5.82 Å². The molecule has 5 atom stereocenters. The second-order valence-corrected chi connectivity index (χ2v) is 12.1. The molecule has 1 aliphatic heterocycles. The first-order chi connectivity index (χ1) is 19.2. The van der Waals surface area contributed by atoms with E-state index in [1.807, 2.05) is 51.2 Å². The minimum absolute atomic E-state index is 0.0106. The number of hydrogen-bond acceptors (Lipinski definition) is 7. The summed E-state index contributed by atoms with van der Waals surface area (Å²) in [5, 5.41) is 15.5. The van der Waals surface area contributed by atoms with Crippen molar-refractivity contribution in [2.24, 2.45) is 11.7 Å². The highest BCUT2D eigenvalue weighted by Crippen LogP contribution is 2.47. The molecule has 40 heavy (non-hydrogen) atoms. The highest BCUT2D eigenvalue weighted by molar-refractivity contribution is 5.82. The van der Waals surface area contributed by atoms with Gasteiger partial charge in [0.05, 0.1) is 30.0 Å². The van der Waals surface area contributed by atoms with Crippen LogP contribution >= 0.6 is 0 Å². The van der Waals surface area contributed by atoms with Crippen LogP contribution in [-0.2, 0) is 12.0 Å². The Hall–Kier alpha value is -3.50. The summed E-state index contributed by atoms with van der Waals surface area (Å²) < 4.78 is 16.5. The number of hydrazine groups is 1. The number of nitrogens with one attached hydrogen (secondary N) is 2. The smallest absolute Gasteiger partial charge is 0.282 e. The predicted octanol–water partition coefficient (Wildman–Crippen LogP) is 3.75. The number of rotatable bonds is 4. The first-order valence-corrected chi connectivity index (χ1v) is 13.8. The molecule has 2 aromatic carbocycles.